The molecular weight excluding hydrogens is 378 g/mol. The van der Waals surface area contributed by atoms with Crippen LogP contribution in [0.25, 0.3) is 0 Å². The predicted octanol–water partition coefficient (Wildman–Crippen LogP) is 5.77. The van der Waals surface area contributed by atoms with Gasteiger partial charge in [-0.2, -0.15) is 0 Å². The minimum Gasteiger partial charge on any atom is -0.393 e. The average Bonchev–Trinajstić information content (AvgIpc) is 3.10. The Balaban J connectivity index is 1.88. The molecule has 0 aliphatic heterocycles. The maximum atomic E-state index is 13.7. The van der Waals surface area contributed by atoms with Gasteiger partial charge in [-0.1, -0.05) is 30.4 Å². The molecule has 29 heavy (non-hydrogen) atoms. The molecule has 3 nitrogen and oxygen atoms in total. The molecule has 1 aromatic rings. The van der Waals surface area contributed by atoms with Crippen LogP contribution in [-0.2, 0) is 4.79 Å². The Morgan fingerprint density at radius 2 is 1.93 bits per heavy atom. The van der Waals surface area contributed by atoms with Crippen molar-refractivity contribution in [1.29, 1.82) is 0 Å². The van der Waals surface area contributed by atoms with Crippen LogP contribution in [0.1, 0.15) is 78.0 Å². The minimum absolute atomic E-state index is 0.0366. The first-order valence-corrected chi connectivity index (χ1v) is 11.8. The molecule has 1 heterocycles. The van der Waals surface area contributed by atoms with Crippen molar-refractivity contribution in [3.05, 3.63) is 28.0 Å². The van der Waals surface area contributed by atoms with Gasteiger partial charge in [0.15, 0.2) is 0 Å². The molecule has 4 heteroatoms. The van der Waals surface area contributed by atoms with Crippen molar-refractivity contribution in [2.45, 2.75) is 85.3 Å². The van der Waals surface area contributed by atoms with Crippen LogP contribution in [0.2, 0.25) is 0 Å². The molecule has 2 aliphatic carbocycles. The van der Waals surface area contributed by atoms with E-state index in [1.807, 2.05) is 0 Å². The lowest BCUT2D eigenvalue weighted by Crippen LogP contribution is -2.47. The maximum Gasteiger partial charge on any atom is 0.230 e. The largest absolute Gasteiger partial charge is 0.393 e. The van der Waals surface area contributed by atoms with Crippen molar-refractivity contribution in [1.82, 2.24) is 0 Å². The van der Waals surface area contributed by atoms with Gasteiger partial charge >= 0.3 is 0 Å². The van der Waals surface area contributed by atoms with E-state index in [1.165, 1.54) is 5.57 Å². The van der Waals surface area contributed by atoms with Gasteiger partial charge in [-0.05, 0) is 78.2 Å². The lowest BCUT2D eigenvalue weighted by molar-refractivity contribution is -0.124. The number of hydrogen-bond acceptors (Lipinski definition) is 3. The normalized spacial score (nSPS) is 27.6. The van der Waals surface area contributed by atoms with Crippen molar-refractivity contribution in [2.75, 3.05) is 4.90 Å². The zero-order chi connectivity index (χ0) is 21.2. The smallest absolute Gasteiger partial charge is 0.230 e. The molecule has 1 fully saturated rings. The van der Waals surface area contributed by atoms with Gasteiger partial charge in [0.05, 0.1) is 16.7 Å². The molecular formula is C25H35NO2S. The highest BCUT2D eigenvalue weighted by Gasteiger charge is 2.36. The minimum atomic E-state index is -0.224. The van der Waals surface area contributed by atoms with E-state index in [1.54, 1.807) is 11.3 Å². The van der Waals surface area contributed by atoms with Crippen molar-refractivity contribution < 1.29 is 9.90 Å². The summed E-state index contributed by atoms with van der Waals surface area (Å²) in [5, 5.41) is 12.0. The number of nitrogens with zero attached hydrogens (tertiary/aromatic N) is 1. The molecule has 1 saturated carbocycles. The van der Waals surface area contributed by atoms with E-state index < -0.39 is 0 Å². The molecule has 1 N–H and O–H groups in total. The standard InChI is InChI=1S/C25H35NO2S/c1-17-6-11-23(18(2)14-17)24(28)26(19-7-9-21(27)10-8-19)20-15-22(29-16-20)12-13-25(3,4)5/h6,15-16,18-19,21,23,27H,7-11,14H2,1-5H3. The van der Waals surface area contributed by atoms with Crippen LogP contribution >= 0.6 is 11.3 Å². The van der Waals surface area contributed by atoms with E-state index >= 15 is 0 Å². The molecule has 0 aromatic carbocycles. The fourth-order valence-corrected chi connectivity index (χ4v) is 5.15. The molecule has 1 aromatic heterocycles. The summed E-state index contributed by atoms with van der Waals surface area (Å²) in [6.07, 6.45) is 7.11. The van der Waals surface area contributed by atoms with Crippen molar-refractivity contribution in [3.8, 4) is 11.8 Å². The fourth-order valence-electron chi connectivity index (χ4n) is 4.42. The van der Waals surface area contributed by atoms with E-state index in [0.717, 1.165) is 49.1 Å². The van der Waals surface area contributed by atoms with Crippen LogP contribution in [0.15, 0.2) is 23.1 Å². The zero-order valence-corrected chi connectivity index (χ0v) is 19.3. The van der Waals surface area contributed by atoms with Gasteiger partial charge in [0.1, 0.15) is 0 Å². The number of carbonyl (C=O) groups is 1. The van der Waals surface area contributed by atoms with Crippen LogP contribution < -0.4 is 4.90 Å². The number of carbonyl (C=O) groups excluding carboxylic acids is 1. The quantitative estimate of drug-likeness (QED) is 0.504. The number of hydrogen-bond donors (Lipinski definition) is 1. The summed E-state index contributed by atoms with van der Waals surface area (Å²) in [4.78, 5) is 16.8. The van der Waals surface area contributed by atoms with Gasteiger partial charge in [-0.15, -0.1) is 11.3 Å². The molecule has 2 aliphatic rings. The summed E-state index contributed by atoms with van der Waals surface area (Å²) in [5.74, 6) is 7.23. The third-order valence-corrected chi connectivity index (χ3v) is 6.89. The number of thiophene rings is 1. The summed E-state index contributed by atoms with van der Waals surface area (Å²) in [5.41, 5.74) is 2.34. The number of aliphatic hydroxyl groups excluding tert-OH is 1. The first-order chi connectivity index (χ1) is 13.6. The molecule has 1 amide bonds. The van der Waals surface area contributed by atoms with E-state index in [0.29, 0.717) is 5.92 Å². The van der Waals surface area contributed by atoms with Crippen LogP contribution in [-0.4, -0.2) is 23.2 Å². The summed E-state index contributed by atoms with van der Waals surface area (Å²) in [7, 11) is 0. The average molecular weight is 414 g/mol. The Bertz CT molecular complexity index is 812. The van der Waals surface area contributed by atoms with Gasteiger partial charge in [0.25, 0.3) is 0 Å². The highest BCUT2D eigenvalue weighted by molar-refractivity contribution is 7.11. The highest BCUT2D eigenvalue weighted by Crippen LogP contribution is 2.36. The third-order valence-electron chi connectivity index (χ3n) is 6.06. The predicted molar refractivity (Wildman–Crippen MR) is 122 cm³/mol. The van der Waals surface area contributed by atoms with E-state index in [4.69, 9.17) is 0 Å². The molecule has 158 valence electrons. The van der Waals surface area contributed by atoms with E-state index in [2.05, 4.69) is 68.9 Å². The Morgan fingerprint density at radius 3 is 2.55 bits per heavy atom. The van der Waals surface area contributed by atoms with Gasteiger partial charge < -0.3 is 10.0 Å². The Hall–Kier alpha value is -1.57. The monoisotopic (exact) mass is 413 g/mol. The second kappa shape index (κ2) is 9.06. The van der Waals surface area contributed by atoms with Crippen molar-refractivity contribution in [3.63, 3.8) is 0 Å². The number of allylic oxidation sites excluding steroid dienone is 2. The molecule has 2 unspecified atom stereocenters. The summed E-state index contributed by atoms with van der Waals surface area (Å²) >= 11 is 1.62. The number of aliphatic hydroxyl groups is 1. The first kappa shape index (κ1) is 22.1. The zero-order valence-electron chi connectivity index (χ0n) is 18.5. The Labute approximate surface area is 180 Å². The van der Waals surface area contributed by atoms with E-state index in [9.17, 15) is 9.90 Å². The molecule has 0 bridgehead atoms. The number of amides is 1. The number of rotatable bonds is 3. The van der Waals surface area contributed by atoms with Crippen molar-refractivity contribution >= 4 is 22.9 Å². The maximum absolute atomic E-state index is 13.7. The first-order valence-electron chi connectivity index (χ1n) is 10.9. The molecule has 0 radical (unpaired) electrons. The molecule has 3 rings (SSSR count). The number of anilines is 1. The van der Waals surface area contributed by atoms with Gasteiger partial charge in [0.2, 0.25) is 5.91 Å². The molecule has 2 atom stereocenters. The molecule has 0 spiro atoms. The second-order valence-corrected chi connectivity index (χ2v) is 10.8. The topological polar surface area (TPSA) is 40.5 Å². The van der Waals surface area contributed by atoms with Crippen LogP contribution in [0, 0.1) is 29.1 Å². The van der Waals surface area contributed by atoms with Gasteiger partial charge in [0, 0.05) is 22.8 Å². The SMILES string of the molecule is CC1=CCC(C(=O)N(c2csc(C#CC(C)(C)C)c2)C2CCC(O)CC2)C(C)C1. The summed E-state index contributed by atoms with van der Waals surface area (Å²) in [6.45, 7) is 10.7. The lowest BCUT2D eigenvalue weighted by atomic mass is 9.79. The highest BCUT2D eigenvalue weighted by atomic mass is 32.1. The fraction of sp³-hybridized carbons (Fsp3) is 0.640. The molecule has 0 saturated heterocycles. The van der Waals surface area contributed by atoms with Crippen LogP contribution in [0.3, 0.4) is 0 Å². The van der Waals surface area contributed by atoms with Crippen LogP contribution in [0.5, 0.6) is 0 Å². The van der Waals surface area contributed by atoms with Gasteiger partial charge in [-0.3, -0.25) is 4.79 Å². The second-order valence-electron chi connectivity index (χ2n) is 9.91. The van der Waals surface area contributed by atoms with Crippen molar-refractivity contribution in [2.24, 2.45) is 17.3 Å². The Kier molecular flexibility index (Phi) is 6.91. The summed E-state index contributed by atoms with van der Waals surface area (Å²) in [6, 6.07) is 2.25. The third kappa shape index (κ3) is 5.74. The van der Waals surface area contributed by atoms with Gasteiger partial charge in [-0.25, -0.2) is 0 Å². The van der Waals surface area contributed by atoms with E-state index in [-0.39, 0.29) is 29.4 Å². The lowest BCUT2D eigenvalue weighted by Gasteiger charge is -2.39. The van der Waals surface area contributed by atoms with Crippen LogP contribution in [0.4, 0.5) is 5.69 Å². The Morgan fingerprint density at radius 1 is 1.24 bits per heavy atom. The summed E-state index contributed by atoms with van der Waals surface area (Å²) < 4.78 is 0.